The van der Waals surface area contributed by atoms with E-state index < -0.39 is 11.7 Å². The fourth-order valence-electron chi connectivity index (χ4n) is 3.60. The number of aromatic nitrogens is 2. The fourth-order valence-corrected chi connectivity index (χ4v) is 3.60. The van der Waals surface area contributed by atoms with Crippen LogP contribution in [0.2, 0.25) is 0 Å². The lowest BCUT2D eigenvalue weighted by Gasteiger charge is -2.14. The lowest BCUT2D eigenvalue weighted by atomic mass is 9.98. The molecule has 1 fully saturated rings. The number of halogens is 1. The van der Waals surface area contributed by atoms with Gasteiger partial charge < -0.3 is 21.9 Å². The summed E-state index contributed by atoms with van der Waals surface area (Å²) in [6.07, 6.45) is 8.86. The topological polar surface area (TPSA) is 127 Å². The van der Waals surface area contributed by atoms with Crippen LogP contribution in [0, 0.1) is 12.7 Å². The molecule has 0 saturated heterocycles. The molecule has 1 aliphatic rings. The second-order valence-corrected chi connectivity index (χ2v) is 7.95. The molecule has 0 atom stereocenters. The van der Waals surface area contributed by atoms with Crippen molar-refractivity contribution >= 4 is 11.7 Å². The zero-order valence-corrected chi connectivity index (χ0v) is 21.8. The molecule has 1 saturated carbocycles. The van der Waals surface area contributed by atoms with E-state index in [1.807, 2.05) is 45.0 Å². The van der Waals surface area contributed by atoms with E-state index in [2.05, 4.69) is 21.0 Å². The first-order valence-electron chi connectivity index (χ1n) is 12.4. The number of carbonyl (C=O) groups excluding carboxylic acids is 1. The molecule has 1 amide bonds. The van der Waals surface area contributed by atoms with E-state index in [1.165, 1.54) is 50.8 Å². The van der Waals surface area contributed by atoms with Crippen molar-refractivity contribution in [1.82, 2.24) is 15.3 Å². The molecular formula is C28H40FN5O2. The maximum absolute atomic E-state index is 14.4. The van der Waals surface area contributed by atoms with Crippen LogP contribution in [0.15, 0.2) is 54.9 Å². The van der Waals surface area contributed by atoms with E-state index in [9.17, 15) is 9.18 Å². The van der Waals surface area contributed by atoms with E-state index in [-0.39, 0.29) is 17.5 Å². The Labute approximate surface area is 214 Å². The number of amides is 1. The third-order valence-corrected chi connectivity index (χ3v) is 5.32. The fraction of sp³-hybridized carbons (Fsp3) is 0.393. The number of aliphatic hydroxyl groups is 1. The van der Waals surface area contributed by atoms with Crippen LogP contribution in [0.4, 0.5) is 10.2 Å². The summed E-state index contributed by atoms with van der Waals surface area (Å²) in [7, 11) is 1.50. The smallest absolute Gasteiger partial charge is 0.254 e. The minimum atomic E-state index is -0.635. The van der Waals surface area contributed by atoms with Gasteiger partial charge in [-0.1, -0.05) is 69.0 Å². The number of nitrogen functional groups attached to an aromatic ring is 1. The second kappa shape index (κ2) is 17.1. The zero-order valence-electron chi connectivity index (χ0n) is 21.8. The Balaban J connectivity index is 0.000000496. The minimum absolute atomic E-state index is 0.0288. The molecule has 0 spiro atoms. The first-order chi connectivity index (χ1) is 17.4. The highest BCUT2D eigenvalue weighted by molar-refractivity contribution is 5.95. The van der Waals surface area contributed by atoms with Crippen LogP contribution in [-0.4, -0.2) is 34.1 Å². The third-order valence-electron chi connectivity index (χ3n) is 5.32. The number of nitrogens with two attached hydrogens (primary N) is 2. The first kappa shape index (κ1) is 30.7. The molecule has 7 nitrogen and oxygen atoms in total. The van der Waals surface area contributed by atoms with Gasteiger partial charge in [0.2, 0.25) is 0 Å². The molecule has 1 heterocycles. The molecule has 196 valence electrons. The van der Waals surface area contributed by atoms with Crippen molar-refractivity contribution in [3.63, 3.8) is 0 Å². The number of anilines is 1. The molecule has 36 heavy (non-hydrogen) atoms. The maximum atomic E-state index is 14.4. The van der Waals surface area contributed by atoms with Crippen LogP contribution in [-0.2, 0) is 6.54 Å². The van der Waals surface area contributed by atoms with E-state index in [0.29, 0.717) is 17.8 Å². The summed E-state index contributed by atoms with van der Waals surface area (Å²) in [5, 5.41) is 11.6. The Morgan fingerprint density at radius 1 is 1.06 bits per heavy atom. The average Bonchev–Trinajstić information content (AvgIpc) is 2.91. The molecule has 3 aromatic rings. The maximum Gasteiger partial charge on any atom is 0.254 e. The van der Waals surface area contributed by atoms with Gasteiger partial charge in [-0.05, 0) is 44.5 Å². The molecule has 0 aliphatic heterocycles. The Morgan fingerprint density at radius 3 is 2.28 bits per heavy atom. The van der Waals surface area contributed by atoms with Crippen molar-refractivity contribution in [3.8, 4) is 11.3 Å². The van der Waals surface area contributed by atoms with Crippen molar-refractivity contribution < 1.29 is 14.3 Å². The molecule has 0 bridgehead atoms. The summed E-state index contributed by atoms with van der Waals surface area (Å²) < 4.78 is 14.4. The van der Waals surface area contributed by atoms with Gasteiger partial charge >= 0.3 is 0 Å². The Kier molecular flexibility index (Phi) is 14.6. The Hall–Kier alpha value is -3.36. The van der Waals surface area contributed by atoms with E-state index in [0.717, 1.165) is 24.0 Å². The van der Waals surface area contributed by atoms with Crippen molar-refractivity contribution in [1.29, 1.82) is 0 Å². The van der Waals surface area contributed by atoms with E-state index >= 15 is 0 Å². The summed E-state index contributed by atoms with van der Waals surface area (Å²) in [5.41, 5.74) is 13.1. The van der Waals surface area contributed by atoms with Crippen LogP contribution >= 0.6 is 0 Å². The third kappa shape index (κ3) is 10.1. The van der Waals surface area contributed by atoms with Gasteiger partial charge in [-0.15, -0.1) is 0 Å². The van der Waals surface area contributed by atoms with Gasteiger partial charge in [0.1, 0.15) is 17.3 Å². The molecule has 4 rings (SSSR count). The SMILES string of the molecule is CC.CN.Cc1cccc(CNC(=O)c2ccc(-c3nccnc3N)cc2F)c1.OC1CCCCC1. The molecule has 6 N–H and O–H groups in total. The lowest BCUT2D eigenvalue weighted by Crippen LogP contribution is -2.23. The average molecular weight is 498 g/mol. The highest BCUT2D eigenvalue weighted by Gasteiger charge is 2.14. The van der Waals surface area contributed by atoms with Crippen LogP contribution in [0.5, 0.6) is 0 Å². The van der Waals surface area contributed by atoms with Gasteiger partial charge in [0.15, 0.2) is 0 Å². The Morgan fingerprint density at radius 2 is 1.72 bits per heavy atom. The molecular weight excluding hydrogens is 457 g/mol. The van der Waals surface area contributed by atoms with E-state index in [1.54, 1.807) is 6.07 Å². The summed E-state index contributed by atoms with van der Waals surface area (Å²) in [4.78, 5) is 20.3. The summed E-state index contributed by atoms with van der Waals surface area (Å²) in [6, 6.07) is 12.0. The number of aliphatic hydroxyl groups excluding tert-OH is 1. The normalized spacial score (nSPS) is 12.5. The molecule has 8 heteroatoms. The van der Waals surface area contributed by atoms with Crippen molar-refractivity contribution in [2.24, 2.45) is 5.73 Å². The Bertz CT molecular complexity index is 1060. The molecule has 2 aromatic carbocycles. The quantitative estimate of drug-likeness (QED) is 0.401. The number of hydrogen-bond donors (Lipinski definition) is 4. The molecule has 1 aliphatic carbocycles. The predicted octanol–water partition coefficient (Wildman–Crippen LogP) is 5.02. The van der Waals surface area contributed by atoms with Crippen molar-refractivity contribution in [2.45, 2.75) is 65.5 Å². The lowest BCUT2D eigenvalue weighted by molar-refractivity contribution is 0.0947. The summed E-state index contributed by atoms with van der Waals surface area (Å²) in [5.74, 6) is -0.902. The number of nitrogens with one attached hydrogen (secondary N) is 1. The molecule has 1 aromatic heterocycles. The van der Waals surface area contributed by atoms with Crippen molar-refractivity contribution in [2.75, 3.05) is 12.8 Å². The number of hydrogen-bond acceptors (Lipinski definition) is 6. The standard InChI is InChI=1S/C19H17FN4O.C6H12O.C2H6.CH5N/c1-12-3-2-4-13(9-12)11-24-19(25)15-6-5-14(10-16(15)20)17-18(21)23-8-7-22-17;7-6-4-2-1-3-5-6;2*1-2/h2-10H,11H2,1H3,(H2,21,23)(H,24,25);6-7H,1-5H2;1-2H3;2H2,1H3. The first-order valence-corrected chi connectivity index (χ1v) is 12.4. The number of carbonyl (C=O) groups is 1. The van der Waals surface area contributed by atoms with Crippen LogP contribution in [0.3, 0.4) is 0 Å². The van der Waals surface area contributed by atoms with Crippen molar-refractivity contribution in [3.05, 3.63) is 77.4 Å². The van der Waals surface area contributed by atoms with Crippen LogP contribution < -0.4 is 16.8 Å². The minimum Gasteiger partial charge on any atom is -0.393 e. The number of nitrogens with zero attached hydrogens (tertiary/aromatic N) is 2. The number of rotatable bonds is 4. The highest BCUT2D eigenvalue weighted by Crippen LogP contribution is 2.23. The van der Waals surface area contributed by atoms with E-state index in [4.69, 9.17) is 10.8 Å². The number of aryl methyl sites for hydroxylation is 1. The zero-order chi connectivity index (χ0) is 26.9. The highest BCUT2D eigenvalue weighted by atomic mass is 19.1. The monoisotopic (exact) mass is 497 g/mol. The van der Waals surface area contributed by atoms with Crippen LogP contribution in [0.1, 0.15) is 67.4 Å². The van der Waals surface area contributed by atoms with Gasteiger partial charge in [-0.25, -0.2) is 9.37 Å². The second-order valence-electron chi connectivity index (χ2n) is 7.95. The van der Waals surface area contributed by atoms with Gasteiger partial charge in [0.25, 0.3) is 5.91 Å². The molecule has 0 radical (unpaired) electrons. The van der Waals surface area contributed by atoms with Gasteiger partial charge in [0, 0.05) is 24.5 Å². The predicted molar refractivity (Wildman–Crippen MR) is 145 cm³/mol. The number of benzene rings is 2. The van der Waals surface area contributed by atoms with Gasteiger partial charge in [-0.3, -0.25) is 9.78 Å². The summed E-state index contributed by atoms with van der Waals surface area (Å²) >= 11 is 0. The van der Waals surface area contributed by atoms with Crippen LogP contribution in [0.25, 0.3) is 11.3 Å². The molecule has 0 unspecified atom stereocenters. The largest absolute Gasteiger partial charge is 0.393 e. The van der Waals surface area contributed by atoms with Gasteiger partial charge in [0.05, 0.1) is 11.7 Å². The van der Waals surface area contributed by atoms with Gasteiger partial charge in [-0.2, -0.15) is 0 Å². The summed E-state index contributed by atoms with van der Waals surface area (Å²) in [6.45, 7) is 6.31.